The lowest BCUT2D eigenvalue weighted by Gasteiger charge is -2.32. The maximum absolute atomic E-state index is 12.6. The van der Waals surface area contributed by atoms with Crippen molar-refractivity contribution >= 4 is 28.9 Å². The Hall–Kier alpha value is -2.48. The number of halogens is 1. The van der Waals surface area contributed by atoms with Crippen LogP contribution < -0.4 is 5.32 Å². The number of aliphatic hydroxyl groups is 1. The highest BCUT2D eigenvalue weighted by Gasteiger charge is 2.24. The topological polar surface area (TPSA) is 95.7 Å². The molecule has 28 heavy (non-hydrogen) atoms. The summed E-state index contributed by atoms with van der Waals surface area (Å²) < 4.78 is 0. The Bertz CT molecular complexity index is 814. The molecule has 0 heterocycles. The van der Waals surface area contributed by atoms with Crippen molar-refractivity contribution in [2.45, 2.75) is 26.4 Å². The van der Waals surface area contributed by atoms with Crippen molar-refractivity contribution in [1.29, 1.82) is 0 Å². The van der Waals surface area contributed by atoms with E-state index in [1.54, 1.807) is 0 Å². The highest BCUT2D eigenvalue weighted by molar-refractivity contribution is 6.32. The number of hydrogen-bond donors (Lipinski definition) is 2. The third kappa shape index (κ3) is 6.02. The molecule has 0 aliphatic heterocycles. The number of nitrogens with one attached hydrogen (secondary N) is 1. The van der Waals surface area contributed by atoms with Crippen molar-refractivity contribution in [3.05, 3.63) is 69.2 Å². The van der Waals surface area contributed by atoms with E-state index in [0.29, 0.717) is 12.2 Å². The van der Waals surface area contributed by atoms with Crippen molar-refractivity contribution < 1.29 is 14.8 Å². The molecule has 0 bridgehead atoms. The summed E-state index contributed by atoms with van der Waals surface area (Å²) in [4.78, 5) is 24.9. The van der Waals surface area contributed by atoms with E-state index in [9.17, 15) is 20.0 Å². The fourth-order valence-electron chi connectivity index (χ4n) is 2.97. The van der Waals surface area contributed by atoms with Crippen LogP contribution in [0.1, 0.15) is 19.4 Å². The van der Waals surface area contributed by atoms with Crippen LogP contribution in [0.5, 0.6) is 0 Å². The van der Waals surface area contributed by atoms with Gasteiger partial charge >= 0.3 is 0 Å². The highest BCUT2D eigenvalue weighted by atomic mass is 35.5. The predicted molar refractivity (Wildman–Crippen MR) is 109 cm³/mol. The predicted octanol–water partition coefficient (Wildman–Crippen LogP) is 3.71. The summed E-state index contributed by atoms with van der Waals surface area (Å²) in [6.07, 6.45) is 0. The van der Waals surface area contributed by atoms with Crippen molar-refractivity contribution in [2.75, 3.05) is 18.5 Å². The lowest BCUT2D eigenvalue weighted by Crippen LogP contribution is -2.45. The first kappa shape index (κ1) is 21.8. The smallest absolute Gasteiger partial charge is 0.289 e. The molecule has 1 amide bonds. The van der Waals surface area contributed by atoms with Crippen molar-refractivity contribution in [1.82, 2.24) is 4.90 Å². The normalized spacial score (nSPS) is 12.2. The molecule has 0 radical (unpaired) electrons. The lowest BCUT2D eigenvalue weighted by atomic mass is 10.0. The van der Waals surface area contributed by atoms with Crippen LogP contribution >= 0.6 is 11.6 Å². The van der Waals surface area contributed by atoms with Crippen LogP contribution in [-0.2, 0) is 11.3 Å². The molecule has 2 aromatic rings. The van der Waals surface area contributed by atoms with Crippen LogP contribution in [0.15, 0.2) is 48.5 Å². The van der Waals surface area contributed by atoms with Crippen molar-refractivity contribution in [2.24, 2.45) is 5.92 Å². The Morgan fingerprint density at radius 2 is 1.93 bits per heavy atom. The van der Waals surface area contributed by atoms with Crippen LogP contribution in [0.25, 0.3) is 0 Å². The third-order valence-electron chi connectivity index (χ3n) is 4.43. The molecule has 2 aromatic carbocycles. The number of carbonyl (C=O) groups is 1. The number of amides is 1. The minimum Gasteiger partial charge on any atom is -0.395 e. The van der Waals surface area contributed by atoms with Gasteiger partial charge in [-0.05, 0) is 23.6 Å². The lowest BCUT2D eigenvalue weighted by molar-refractivity contribution is -0.384. The number of hydrogen-bond acceptors (Lipinski definition) is 5. The molecular formula is C20H24ClN3O4. The molecule has 0 fully saturated rings. The quantitative estimate of drug-likeness (QED) is 0.489. The standard InChI is InChI=1S/C20H24ClN3O4/c1-14(2)19(13-25)23(11-15-6-4-3-5-7-15)12-20(26)22-16-8-9-17(21)18(10-16)24(27)28/h3-10,14,19,25H,11-13H2,1-2H3,(H,22,26). The molecule has 0 spiro atoms. The number of rotatable bonds is 9. The zero-order valence-corrected chi connectivity index (χ0v) is 16.6. The molecule has 0 aliphatic rings. The van der Waals surface area contributed by atoms with Gasteiger partial charge in [0, 0.05) is 24.3 Å². The van der Waals surface area contributed by atoms with Crippen LogP contribution in [0.4, 0.5) is 11.4 Å². The second-order valence-corrected chi connectivity index (χ2v) is 7.26. The summed E-state index contributed by atoms with van der Waals surface area (Å²) in [7, 11) is 0. The average Bonchev–Trinajstić information content (AvgIpc) is 2.64. The second kappa shape index (κ2) is 10.2. The molecule has 7 nitrogen and oxygen atoms in total. The molecule has 0 aromatic heterocycles. The summed E-state index contributed by atoms with van der Waals surface area (Å²) in [6.45, 7) is 4.43. The molecule has 0 aliphatic carbocycles. The monoisotopic (exact) mass is 405 g/mol. The molecule has 8 heteroatoms. The van der Waals surface area contributed by atoms with Crippen LogP contribution in [-0.4, -0.2) is 40.0 Å². The van der Waals surface area contributed by atoms with Gasteiger partial charge in [0.25, 0.3) is 5.69 Å². The fraction of sp³-hybridized carbons (Fsp3) is 0.350. The number of anilines is 1. The Morgan fingerprint density at radius 1 is 1.25 bits per heavy atom. The van der Waals surface area contributed by atoms with Crippen LogP contribution in [0, 0.1) is 16.0 Å². The van der Waals surface area contributed by atoms with E-state index in [1.807, 2.05) is 49.1 Å². The van der Waals surface area contributed by atoms with Crippen LogP contribution in [0.2, 0.25) is 5.02 Å². The molecule has 2 N–H and O–H groups in total. The van der Waals surface area contributed by atoms with E-state index >= 15 is 0 Å². The van der Waals surface area contributed by atoms with E-state index in [1.165, 1.54) is 18.2 Å². The summed E-state index contributed by atoms with van der Waals surface area (Å²) >= 11 is 5.81. The maximum atomic E-state index is 12.6. The summed E-state index contributed by atoms with van der Waals surface area (Å²) in [6, 6.07) is 13.6. The van der Waals surface area contributed by atoms with Gasteiger partial charge in [0.05, 0.1) is 18.1 Å². The van der Waals surface area contributed by atoms with Gasteiger partial charge in [-0.1, -0.05) is 55.8 Å². The van der Waals surface area contributed by atoms with Gasteiger partial charge in [-0.3, -0.25) is 19.8 Å². The molecule has 1 unspecified atom stereocenters. The second-order valence-electron chi connectivity index (χ2n) is 6.86. The largest absolute Gasteiger partial charge is 0.395 e. The van der Waals surface area contributed by atoms with E-state index in [-0.39, 0.29) is 41.7 Å². The SMILES string of the molecule is CC(C)C(CO)N(CC(=O)Nc1ccc(Cl)c([N+](=O)[O-])c1)Cc1ccccc1. The number of nitrogens with zero attached hydrogens (tertiary/aromatic N) is 2. The van der Waals surface area contributed by atoms with Gasteiger partial charge < -0.3 is 10.4 Å². The zero-order chi connectivity index (χ0) is 20.7. The first-order valence-corrected chi connectivity index (χ1v) is 9.32. The molecule has 150 valence electrons. The Labute approximate surface area is 169 Å². The van der Waals surface area contributed by atoms with Gasteiger partial charge in [-0.15, -0.1) is 0 Å². The number of nitro groups is 1. The molecule has 2 rings (SSSR count). The average molecular weight is 406 g/mol. The Kier molecular flexibility index (Phi) is 7.92. The maximum Gasteiger partial charge on any atom is 0.289 e. The number of nitro benzene ring substituents is 1. The fourth-order valence-corrected chi connectivity index (χ4v) is 3.16. The van der Waals surface area contributed by atoms with Gasteiger partial charge in [-0.25, -0.2) is 0 Å². The Balaban J connectivity index is 2.15. The molecule has 1 atom stereocenters. The third-order valence-corrected chi connectivity index (χ3v) is 4.75. The number of carbonyl (C=O) groups excluding carboxylic acids is 1. The highest BCUT2D eigenvalue weighted by Crippen LogP contribution is 2.27. The summed E-state index contributed by atoms with van der Waals surface area (Å²) in [5.41, 5.74) is 1.05. The van der Waals surface area contributed by atoms with Gasteiger partial charge in [0.15, 0.2) is 0 Å². The van der Waals surface area contributed by atoms with Gasteiger partial charge in [0.1, 0.15) is 5.02 Å². The molecule has 0 saturated heterocycles. The minimum atomic E-state index is -0.597. The molecular weight excluding hydrogens is 382 g/mol. The van der Waals surface area contributed by atoms with Crippen molar-refractivity contribution in [3.8, 4) is 0 Å². The van der Waals surface area contributed by atoms with E-state index in [2.05, 4.69) is 5.32 Å². The van der Waals surface area contributed by atoms with Crippen LogP contribution in [0.3, 0.4) is 0 Å². The number of aliphatic hydroxyl groups excluding tert-OH is 1. The van der Waals surface area contributed by atoms with Gasteiger partial charge in [-0.2, -0.15) is 0 Å². The van der Waals surface area contributed by atoms with Gasteiger partial charge in [0.2, 0.25) is 5.91 Å². The van der Waals surface area contributed by atoms with E-state index in [0.717, 1.165) is 5.56 Å². The molecule has 0 saturated carbocycles. The zero-order valence-electron chi connectivity index (χ0n) is 15.8. The van der Waals surface area contributed by atoms with Crippen molar-refractivity contribution in [3.63, 3.8) is 0 Å². The summed E-state index contributed by atoms with van der Waals surface area (Å²) in [5.74, 6) is -0.190. The first-order valence-electron chi connectivity index (χ1n) is 8.94. The minimum absolute atomic E-state index is 0.00820. The van der Waals surface area contributed by atoms with E-state index in [4.69, 9.17) is 11.6 Å². The summed E-state index contributed by atoms with van der Waals surface area (Å²) in [5, 5.41) is 23.5. The first-order chi connectivity index (χ1) is 13.3. The van der Waals surface area contributed by atoms with E-state index < -0.39 is 4.92 Å². The number of benzene rings is 2. The Morgan fingerprint density at radius 3 is 2.50 bits per heavy atom.